The molecule has 0 unspecified atom stereocenters. The molecule has 0 spiro atoms. The smallest absolute Gasteiger partial charge is 0.270 e. The molecular weight excluding hydrogens is 390 g/mol. The molecule has 0 saturated heterocycles. The van der Waals surface area contributed by atoms with Crippen LogP contribution in [0.15, 0.2) is 44.8 Å². The van der Waals surface area contributed by atoms with Gasteiger partial charge in [0.2, 0.25) is 0 Å². The molecule has 1 aromatic heterocycles. The predicted octanol–water partition coefficient (Wildman–Crippen LogP) is 4.05. The predicted molar refractivity (Wildman–Crippen MR) is 95.4 cm³/mol. The zero-order chi connectivity index (χ0) is 18.6. The number of rotatable bonds is 5. The summed E-state index contributed by atoms with van der Waals surface area (Å²) in [5, 5.41) is 22.5. The molecule has 0 bridgehead atoms. The molecule has 1 N–H and O–H groups in total. The number of non-ortho nitro benzene ring substituents is 1. The van der Waals surface area contributed by atoms with Crippen molar-refractivity contribution >= 4 is 33.6 Å². The van der Waals surface area contributed by atoms with Crippen LogP contribution in [0.1, 0.15) is 19.6 Å². The monoisotopic (exact) mass is 403 g/mol. The first kappa shape index (κ1) is 18.4. The molecule has 25 heavy (non-hydrogen) atoms. The van der Waals surface area contributed by atoms with Crippen LogP contribution < -0.4 is 5.32 Å². The van der Waals surface area contributed by atoms with Crippen molar-refractivity contribution in [2.24, 2.45) is 0 Å². The standard InChI is InChI=1S/C17H14BrN3O4/c1-10(2)20-17(22)11(9-19)7-13-4-6-16(25-13)14-5-3-12(21(23)24)8-15(14)18/h3-8,10H,1-2H3,(H,20,22). The Morgan fingerprint density at radius 2 is 2.12 bits per heavy atom. The third-order valence-electron chi connectivity index (χ3n) is 3.13. The van der Waals surface area contributed by atoms with Crippen molar-refractivity contribution in [1.82, 2.24) is 5.32 Å². The van der Waals surface area contributed by atoms with Gasteiger partial charge < -0.3 is 9.73 Å². The van der Waals surface area contributed by atoms with Gasteiger partial charge in [-0.05, 0) is 48.0 Å². The van der Waals surface area contributed by atoms with E-state index in [0.29, 0.717) is 21.6 Å². The second-order valence-electron chi connectivity index (χ2n) is 5.42. The number of nitrogens with zero attached hydrogens (tertiary/aromatic N) is 2. The number of nitro benzene ring substituents is 1. The van der Waals surface area contributed by atoms with E-state index >= 15 is 0 Å². The highest BCUT2D eigenvalue weighted by Gasteiger charge is 2.14. The maximum absolute atomic E-state index is 11.9. The Morgan fingerprint density at radius 3 is 2.68 bits per heavy atom. The fourth-order valence-corrected chi connectivity index (χ4v) is 2.59. The normalized spacial score (nSPS) is 11.2. The number of carbonyl (C=O) groups is 1. The maximum atomic E-state index is 11.9. The number of halogens is 1. The lowest BCUT2D eigenvalue weighted by Gasteiger charge is -2.06. The Labute approximate surface area is 152 Å². The molecule has 128 valence electrons. The molecule has 0 radical (unpaired) electrons. The molecule has 0 fully saturated rings. The average molecular weight is 404 g/mol. The Bertz CT molecular complexity index is 894. The average Bonchev–Trinajstić information content (AvgIpc) is 2.99. The number of nitriles is 1. The summed E-state index contributed by atoms with van der Waals surface area (Å²) in [6.07, 6.45) is 1.35. The molecule has 1 heterocycles. The lowest BCUT2D eigenvalue weighted by atomic mass is 10.1. The molecule has 2 rings (SSSR count). The Kier molecular flexibility index (Phi) is 5.72. The summed E-state index contributed by atoms with van der Waals surface area (Å²) < 4.78 is 6.14. The van der Waals surface area contributed by atoms with Gasteiger partial charge in [-0.1, -0.05) is 0 Å². The Balaban J connectivity index is 2.31. The fourth-order valence-electron chi connectivity index (χ4n) is 2.02. The van der Waals surface area contributed by atoms with Gasteiger partial charge in [0, 0.05) is 34.3 Å². The van der Waals surface area contributed by atoms with Crippen LogP contribution in [0, 0.1) is 21.4 Å². The number of carbonyl (C=O) groups excluding carboxylic acids is 1. The summed E-state index contributed by atoms with van der Waals surface area (Å²) in [6.45, 7) is 3.59. The second-order valence-corrected chi connectivity index (χ2v) is 6.28. The first-order valence-corrected chi connectivity index (χ1v) is 8.08. The van der Waals surface area contributed by atoms with Gasteiger partial charge in [0.05, 0.1) is 4.92 Å². The van der Waals surface area contributed by atoms with E-state index in [2.05, 4.69) is 21.2 Å². The van der Waals surface area contributed by atoms with Crippen molar-refractivity contribution in [1.29, 1.82) is 5.26 Å². The van der Waals surface area contributed by atoms with Gasteiger partial charge in [-0.25, -0.2) is 0 Å². The van der Waals surface area contributed by atoms with Crippen LogP contribution in [0.3, 0.4) is 0 Å². The molecular formula is C17H14BrN3O4. The molecule has 2 aromatic rings. The largest absolute Gasteiger partial charge is 0.457 e. The van der Waals surface area contributed by atoms with E-state index in [4.69, 9.17) is 9.68 Å². The molecule has 0 aliphatic rings. The third kappa shape index (κ3) is 4.55. The van der Waals surface area contributed by atoms with Crippen molar-refractivity contribution in [2.45, 2.75) is 19.9 Å². The van der Waals surface area contributed by atoms with Gasteiger partial charge in [-0.2, -0.15) is 5.26 Å². The van der Waals surface area contributed by atoms with E-state index in [9.17, 15) is 14.9 Å². The van der Waals surface area contributed by atoms with Crippen LogP contribution in [-0.2, 0) is 4.79 Å². The van der Waals surface area contributed by atoms with E-state index in [1.807, 2.05) is 6.07 Å². The van der Waals surface area contributed by atoms with Crippen LogP contribution in [0.4, 0.5) is 5.69 Å². The van der Waals surface area contributed by atoms with E-state index in [1.165, 1.54) is 18.2 Å². The van der Waals surface area contributed by atoms with Gasteiger partial charge >= 0.3 is 0 Å². The third-order valence-corrected chi connectivity index (χ3v) is 3.78. The SMILES string of the molecule is CC(C)NC(=O)C(C#N)=Cc1ccc(-c2ccc([N+](=O)[O-])cc2Br)o1. The molecule has 0 aliphatic heterocycles. The van der Waals surface area contributed by atoms with E-state index in [1.54, 1.807) is 32.0 Å². The van der Waals surface area contributed by atoms with Crippen molar-refractivity contribution in [3.8, 4) is 17.4 Å². The number of hydrogen-bond donors (Lipinski definition) is 1. The number of benzene rings is 1. The lowest BCUT2D eigenvalue weighted by Crippen LogP contribution is -2.30. The van der Waals surface area contributed by atoms with Crippen molar-refractivity contribution in [3.63, 3.8) is 0 Å². The molecule has 0 aliphatic carbocycles. The summed E-state index contributed by atoms with van der Waals surface area (Å²) in [5.74, 6) is 0.303. The summed E-state index contributed by atoms with van der Waals surface area (Å²) >= 11 is 3.28. The summed E-state index contributed by atoms with van der Waals surface area (Å²) in [7, 11) is 0. The topological polar surface area (TPSA) is 109 Å². The molecule has 7 nitrogen and oxygen atoms in total. The van der Waals surface area contributed by atoms with Crippen LogP contribution in [-0.4, -0.2) is 16.9 Å². The van der Waals surface area contributed by atoms with Crippen LogP contribution in [0.2, 0.25) is 0 Å². The minimum Gasteiger partial charge on any atom is -0.457 e. The molecule has 0 atom stereocenters. The number of amides is 1. The Morgan fingerprint density at radius 1 is 1.40 bits per heavy atom. The van der Waals surface area contributed by atoms with Crippen molar-refractivity contribution < 1.29 is 14.1 Å². The Hall–Kier alpha value is -2.92. The van der Waals surface area contributed by atoms with Crippen LogP contribution in [0.25, 0.3) is 17.4 Å². The van der Waals surface area contributed by atoms with E-state index in [0.717, 1.165) is 0 Å². The highest BCUT2D eigenvalue weighted by molar-refractivity contribution is 9.10. The van der Waals surface area contributed by atoms with Crippen LogP contribution in [0.5, 0.6) is 0 Å². The van der Waals surface area contributed by atoms with E-state index < -0.39 is 10.8 Å². The van der Waals surface area contributed by atoms with Gasteiger partial charge in [0.25, 0.3) is 11.6 Å². The van der Waals surface area contributed by atoms with Crippen molar-refractivity contribution in [3.05, 3.63) is 56.3 Å². The number of furan rings is 1. The van der Waals surface area contributed by atoms with E-state index in [-0.39, 0.29) is 17.3 Å². The maximum Gasteiger partial charge on any atom is 0.270 e. The first-order chi connectivity index (χ1) is 11.8. The first-order valence-electron chi connectivity index (χ1n) is 7.28. The minimum absolute atomic E-state index is 0.0422. The van der Waals surface area contributed by atoms with Gasteiger partial charge in [-0.3, -0.25) is 14.9 Å². The van der Waals surface area contributed by atoms with Gasteiger partial charge in [0.1, 0.15) is 23.2 Å². The summed E-state index contributed by atoms with van der Waals surface area (Å²) in [4.78, 5) is 22.2. The van der Waals surface area contributed by atoms with Gasteiger partial charge in [0.15, 0.2) is 0 Å². The highest BCUT2D eigenvalue weighted by atomic mass is 79.9. The molecule has 1 amide bonds. The zero-order valence-corrected chi connectivity index (χ0v) is 15.0. The quantitative estimate of drug-likeness (QED) is 0.350. The fraction of sp³-hybridized carbons (Fsp3) is 0.176. The van der Waals surface area contributed by atoms with Gasteiger partial charge in [-0.15, -0.1) is 0 Å². The molecule has 8 heteroatoms. The summed E-state index contributed by atoms with van der Waals surface area (Å²) in [6, 6.07) is 9.33. The zero-order valence-electron chi connectivity index (χ0n) is 13.4. The number of nitrogens with one attached hydrogen (secondary N) is 1. The number of hydrogen-bond acceptors (Lipinski definition) is 5. The molecule has 1 aromatic carbocycles. The lowest BCUT2D eigenvalue weighted by molar-refractivity contribution is -0.384. The summed E-state index contributed by atoms with van der Waals surface area (Å²) in [5.41, 5.74) is 0.507. The van der Waals surface area contributed by atoms with Crippen molar-refractivity contribution in [2.75, 3.05) is 0 Å². The van der Waals surface area contributed by atoms with Crippen LogP contribution >= 0.6 is 15.9 Å². The second kappa shape index (κ2) is 7.77. The number of nitro groups is 1. The molecule has 0 saturated carbocycles. The highest BCUT2D eigenvalue weighted by Crippen LogP contribution is 2.32. The minimum atomic E-state index is -0.489.